The van der Waals surface area contributed by atoms with Crippen molar-refractivity contribution in [2.24, 2.45) is 0 Å². The zero-order chi connectivity index (χ0) is 19.9. The molecule has 1 N–H and O–H groups in total. The third kappa shape index (κ3) is 4.71. The topological polar surface area (TPSA) is 72.2 Å². The van der Waals surface area contributed by atoms with Crippen LogP contribution in [-0.4, -0.2) is 10.8 Å². The molecule has 0 aromatic heterocycles. The van der Waals surface area contributed by atoms with Crippen LogP contribution in [0.3, 0.4) is 0 Å². The Bertz CT molecular complexity index is 981. The molecule has 3 aromatic carbocycles. The van der Waals surface area contributed by atoms with Crippen LogP contribution in [0.4, 0.5) is 5.69 Å². The molecule has 0 radical (unpaired) electrons. The summed E-state index contributed by atoms with van der Waals surface area (Å²) >= 11 is 0. The maximum absolute atomic E-state index is 13.0. The number of carbonyl (C=O) groups is 1. The SMILES string of the molecule is C[C@@H](NC(=O)/C(=C/c1ccc([N+](=O)[O-])cc1)c1ccccc1)c1ccccc1. The number of nitrogens with one attached hydrogen (secondary N) is 1. The molecule has 3 rings (SSSR count). The first-order valence-electron chi connectivity index (χ1n) is 8.92. The van der Waals surface area contributed by atoms with Crippen LogP contribution in [0.5, 0.6) is 0 Å². The molecule has 0 saturated heterocycles. The molecule has 140 valence electrons. The summed E-state index contributed by atoms with van der Waals surface area (Å²) in [5.41, 5.74) is 3.02. The zero-order valence-electron chi connectivity index (χ0n) is 15.4. The summed E-state index contributed by atoms with van der Waals surface area (Å²) in [7, 11) is 0. The van der Waals surface area contributed by atoms with E-state index in [9.17, 15) is 14.9 Å². The summed E-state index contributed by atoms with van der Waals surface area (Å²) < 4.78 is 0. The average Bonchev–Trinajstić information content (AvgIpc) is 2.73. The van der Waals surface area contributed by atoms with Gasteiger partial charge in [0.2, 0.25) is 0 Å². The summed E-state index contributed by atoms with van der Waals surface area (Å²) in [5.74, 6) is -0.207. The Labute approximate surface area is 163 Å². The lowest BCUT2D eigenvalue weighted by atomic mass is 10.0. The summed E-state index contributed by atoms with van der Waals surface area (Å²) in [6, 6.07) is 25.1. The predicted octanol–water partition coefficient (Wildman–Crippen LogP) is 5.01. The van der Waals surface area contributed by atoms with Crippen molar-refractivity contribution in [2.45, 2.75) is 13.0 Å². The fourth-order valence-electron chi connectivity index (χ4n) is 2.86. The minimum atomic E-state index is -0.445. The molecule has 0 heterocycles. The molecule has 0 fully saturated rings. The van der Waals surface area contributed by atoms with Crippen molar-refractivity contribution in [3.8, 4) is 0 Å². The Balaban J connectivity index is 1.91. The lowest BCUT2D eigenvalue weighted by Gasteiger charge is -2.16. The van der Waals surface area contributed by atoms with E-state index in [1.54, 1.807) is 18.2 Å². The van der Waals surface area contributed by atoms with Crippen LogP contribution in [0.2, 0.25) is 0 Å². The lowest BCUT2D eigenvalue weighted by molar-refractivity contribution is -0.384. The van der Waals surface area contributed by atoms with Crippen molar-refractivity contribution in [3.05, 3.63) is 112 Å². The first-order chi connectivity index (χ1) is 13.5. The molecule has 0 bridgehead atoms. The third-order valence-corrected chi connectivity index (χ3v) is 4.39. The second-order valence-electron chi connectivity index (χ2n) is 6.38. The van der Waals surface area contributed by atoms with Gasteiger partial charge in [0, 0.05) is 17.7 Å². The monoisotopic (exact) mass is 372 g/mol. The molecule has 0 aliphatic carbocycles. The molecule has 5 heteroatoms. The van der Waals surface area contributed by atoms with Gasteiger partial charge in [-0.05, 0) is 41.8 Å². The van der Waals surface area contributed by atoms with Crippen molar-refractivity contribution in [3.63, 3.8) is 0 Å². The maximum atomic E-state index is 13.0. The lowest BCUT2D eigenvalue weighted by Crippen LogP contribution is -2.27. The number of hydrogen-bond acceptors (Lipinski definition) is 3. The number of rotatable bonds is 6. The van der Waals surface area contributed by atoms with Gasteiger partial charge in [-0.3, -0.25) is 14.9 Å². The molecule has 5 nitrogen and oxygen atoms in total. The fourth-order valence-corrected chi connectivity index (χ4v) is 2.86. The van der Waals surface area contributed by atoms with Crippen LogP contribution in [0.1, 0.15) is 29.7 Å². The maximum Gasteiger partial charge on any atom is 0.269 e. The number of non-ortho nitro benzene ring substituents is 1. The molecule has 0 spiro atoms. The van der Waals surface area contributed by atoms with E-state index in [0.29, 0.717) is 11.1 Å². The molecular weight excluding hydrogens is 352 g/mol. The highest BCUT2D eigenvalue weighted by Gasteiger charge is 2.16. The average molecular weight is 372 g/mol. The number of carbonyl (C=O) groups excluding carboxylic acids is 1. The fraction of sp³-hybridized carbons (Fsp3) is 0.0870. The molecule has 0 unspecified atom stereocenters. The summed E-state index contributed by atoms with van der Waals surface area (Å²) in [5, 5.41) is 13.9. The largest absolute Gasteiger partial charge is 0.345 e. The Kier molecular flexibility index (Phi) is 5.97. The summed E-state index contributed by atoms with van der Waals surface area (Å²) in [6.07, 6.45) is 1.74. The number of hydrogen-bond donors (Lipinski definition) is 1. The van der Waals surface area contributed by atoms with Gasteiger partial charge in [-0.15, -0.1) is 0 Å². The molecule has 0 aliphatic rings. The van der Waals surface area contributed by atoms with Gasteiger partial charge in [0.05, 0.1) is 11.0 Å². The van der Waals surface area contributed by atoms with Crippen LogP contribution in [0.15, 0.2) is 84.9 Å². The highest BCUT2D eigenvalue weighted by Crippen LogP contribution is 2.22. The predicted molar refractivity (Wildman–Crippen MR) is 110 cm³/mol. The minimum Gasteiger partial charge on any atom is -0.345 e. The van der Waals surface area contributed by atoms with Crippen LogP contribution in [0.25, 0.3) is 11.6 Å². The van der Waals surface area contributed by atoms with E-state index in [1.165, 1.54) is 12.1 Å². The second kappa shape index (κ2) is 8.77. The van der Waals surface area contributed by atoms with Crippen LogP contribution in [0, 0.1) is 10.1 Å². The highest BCUT2D eigenvalue weighted by molar-refractivity contribution is 6.24. The van der Waals surface area contributed by atoms with E-state index in [4.69, 9.17) is 0 Å². The van der Waals surface area contributed by atoms with E-state index in [-0.39, 0.29) is 17.6 Å². The number of nitrogens with zero attached hydrogens (tertiary/aromatic N) is 1. The molecule has 1 amide bonds. The van der Waals surface area contributed by atoms with Crippen molar-refractivity contribution < 1.29 is 9.72 Å². The van der Waals surface area contributed by atoms with Gasteiger partial charge in [-0.25, -0.2) is 0 Å². The van der Waals surface area contributed by atoms with E-state index >= 15 is 0 Å². The Morgan fingerprint density at radius 2 is 1.50 bits per heavy atom. The smallest absolute Gasteiger partial charge is 0.269 e. The Morgan fingerprint density at radius 1 is 0.929 bits per heavy atom. The van der Waals surface area contributed by atoms with Gasteiger partial charge in [-0.2, -0.15) is 0 Å². The van der Waals surface area contributed by atoms with Gasteiger partial charge in [0.15, 0.2) is 0 Å². The molecule has 0 saturated carbocycles. The van der Waals surface area contributed by atoms with Crippen molar-refractivity contribution in [1.82, 2.24) is 5.32 Å². The van der Waals surface area contributed by atoms with Crippen molar-refractivity contribution in [2.75, 3.05) is 0 Å². The zero-order valence-corrected chi connectivity index (χ0v) is 15.4. The van der Waals surface area contributed by atoms with Gasteiger partial charge in [0.25, 0.3) is 11.6 Å². The van der Waals surface area contributed by atoms with Crippen LogP contribution in [-0.2, 0) is 4.79 Å². The highest BCUT2D eigenvalue weighted by atomic mass is 16.6. The van der Waals surface area contributed by atoms with E-state index < -0.39 is 4.92 Å². The van der Waals surface area contributed by atoms with E-state index in [1.807, 2.05) is 67.6 Å². The van der Waals surface area contributed by atoms with Gasteiger partial charge in [0.1, 0.15) is 0 Å². The van der Waals surface area contributed by atoms with Gasteiger partial charge >= 0.3 is 0 Å². The van der Waals surface area contributed by atoms with E-state index in [0.717, 1.165) is 11.1 Å². The third-order valence-electron chi connectivity index (χ3n) is 4.39. The quantitative estimate of drug-likeness (QED) is 0.286. The van der Waals surface area contributed by atoms with Gasteiger partial charge in [-0.1, -0.05) is 60.7 Å². The molecule has 3 aromatic rings. The number of benzene rings is 3. The molecule has 0 aliphatic heterocycles. The molecule has 28 heavy (non-hydrogen) atoms. The summed E-state index contributed by atoms with van der Waals surface area (Å²) in [4.78, 5) is 23.4. The minimum absolute atomic E-state index is 0.0144. The second-order valence-corrected chi connectivity index (χ2v) is 6.38. The van der Waals surface area contributed by atoms with Crippen molar-refractivity contribution >= 4 is 23.2 Å². The first kappa shape index (κ1) is 19.0. The van der Waals surface area contributed by atoms with Crippen LogP contribution < -0.4 is 5.32 Å². The first-order valence-corrected chi connectivity index (χ1v) is 8.92. The number of nitro groups is 1. The van der Waals surface area contributed by atoms with Crippen LogP contribution >= 0.6 is 0 Å². The normalized spacial score (nSPS) is 12.2. The summed E-state index contributed by atoms with van der Waals surface area (Å²) in [6.45, 7) is 1.93. The van der Waals surface area contributed by atoms with E-state index in [2.05, 4.69) is 5.32 Å². The van der Waals surface area contributed by atoms with Gasteiger partial charge < -0.3 is 5.32 Å². The molecule has 1 atom stereocenters. The standard InChI is InChI=1S/C23H20N2O3/c1-17(19-8-4-2-5-9-19)24-23(26)22(20-10-6-3-7-11-20)16-18-12-14-21(15-13-18)25(27)28/h2-17H,1H3,(H,24,26)/b22-16+/t17-/m1/s1. The van der Waals surface area contributed by atoms with Crippen molar-refractivity contribution in [1.29, 1.82) is 0 Å². The Hall–Kier alpha value is -3.73. The molecular formula is C23H20N2O3. The number of nitro benzene ring substituents is 1. The number of amides is 1. The Morgan fingerprint density at radius 3 is 2.07 bits per heavy atom.